The maximum atomic E-state index is 11.6. The Labute approximate surface area is 114 Å². The van der Waals surface area contributed by atoms with Gasteiger partial charge in [-0.1, -0.05) is 43.7 Å². The number of aromatic nitrogens is 1. The Morgan fingerprint density at radius 3 is 2.89 bits per heavy atom. The Balaban J connectivity index is 1.51. The normalized spacial score (nSPS) is 15.8. The molecule has 1 aromatic rings. The Morgan fingerprint density at radius 2 is 2.21 bits per heavy atom. The molecule has 0 aromatic carbocycles. The van der Waals surface area contributed by atoms with Crippen LogP contribution in [-0.2, 0) is 11.2 Å². The topological polar surface area (TPSA) is 55.1 Å². The summed E-state index contributed by atoms with van der Waals surface area (Å²) in [6.45, 7) is 2.61. The van der Waals surface area contributed by atoms with Crippen LogP contribution < -0.4 is 5.32 Å². The fourth-order valence-corrected chi connectivity index (χ4v) is 2.81. The molecule has 1 fully saturated rings. The van der Waals surface area contributed by atoms with Crippen LogP contribution in [0.2, 0.25) is 0 Å². The maximum absolute atomic E-state index is 11.6. The van der Waals surface area contributed by atoms with Gasteiger partial charge >= 0.3 is 0 Å². The predicted octanol–water partition coefficient (Wildman–Crippen LogP) is 3.00. The van der Waals surface area contributed by atoms with E-state index in [2.05, 4.69) is 10.5 Å². The van der Waals surface area contributed by atoms with Crippen molar-refractivity contribution in [2.45, 2.75) is 58.3 Å². The van der Waals surface area contributed by atoms with Gasteiger partial charge in [0.2, 0.25) is 5.91 Å². The molecule has 1 aliphatic rings. The van der Waals surface area contributed by atoms with Gasteiger partial charge in [0.25, 0.3) is 0 Å². The summed E-state index contributed by atoms with van der Waals surface area (Å²) in [5.41, 5.74) is 0.709. The van der Waals surface area contributed by atoms with Crippen LogP contribution in [0.4, 0.5) is 0 Å². The highest BCUT2D eigenvalue weighted by Crippen LogP contribution is 2.28. The van der Waals surface area contributed by atoms with E-state index in [1.807, 2.05) is 6.92 Å². The van der Waals surface area contributed by atoms with Crippen LogP contribution in [0.3, 0.4) is 0 Å². The van der Waals surface area contributed by atoms with E-state index in [1.165, 1.54) is 38.5 Å². The van der Waals surface area contributed by atoms with Crippen LogP contribution in [0.5, 0.6) is 0 Å². The fourth-order valence-electron chi connectivity index (χ4n) is 2.81. The number of aryl methyl sites for hydroxylation is 1. The van der Waals surface area contributed by atoms with Gasteiger partial charge in [0.15, 0.2) is 0 Å². The van der Waals surface area contributed by atoms with Crippen LogP contribution >= 0.6 is 0 Å². The van der Waals surface area contributed by atoms with E-state index >= 15 is 0 Å². The minimum atomic E-state index is 0.0363. The molecule has 0 spiro atoms. The van der Waals surface area contributed by atoms with E-state index in [1.54, 1.807) is 6.07 Å². The van der Waals surface area contributed by atoms with Crippen LogP contribution in [0.25, 0.3) is 0 Å². The zero-order chi connectivity index (χ0) is 13.5. The average Bonchev–Trinajstić information content (AvgIpc) is 3.01. The van der Waals surface area contributed by atoms with E-state index in [0.717, 1.165) is 24.6 Å². The second-order valence-corrected chi connectivity index (χ2v) is 5.60. The standard InChI is InChI=1S/C15H24N2O2/c1-12-10-14(17-19-12)11-15(18)16-9-5-4-8-13-6-2-3-7-13/h10,13H,2-9,11H2,1H3,(H,16,18). The lowest BCUT2D eigenvalue weighted by Gasteiger charge is -2.08. The van der Waals surface area contributed by atoms with Crippen molar-refractivity contribution in [3.63, 3.8) is 0 Å². The van der Waals surface area contributed by atoms with Crippen molar-refractivity contribution in [3.8, 4) is 0 Å². The van der Waals surface area contributed by atoms with Crippen molar-refractivity contribution in [2.75, 3.05) is 6.54 Å². The van der Waals surface area contributed by atoms with Gasteiger partial charge < -0.3 is 9.84 Å². The summed E-state index contributed by atoms with van der Waals surface area (Å²) in [4.78, 5) is 11.6. The number of hydrogen-bond acceptors (Lipinski definition) is 3. The number of carbonyl (C=O) groups excluding carboxylic acids is 1. The Morgan fingerprint density at radius 1 is 1.42 bits per heavy atom. The van der Waals surface area contributed by atoms with Crippen molar-refractivity contribution in [2.24, 2.45) is 5.92 Å². The molecule has 0 radical (unpaired) electrons. The summed E-state index contributed by atoms with van der Waals surface area (Å²) < 4.78 is 4.94. The minimum Gasteiger partial charge on any atom is -0.361 e. The van der Waals surface area contributed by atoms with Gasteiger partial charge in [0, 0.05) is 12.6 Å². The molecule has 1 heterocycles. The molecule has 0 aliphatic heterocycles. The molecule has 0 atom stereocenters. The highest BCUT2D eigenvalue weighted by Gasteiger charge is 2.14. The van der Waals surface area contributed by atoms with Crippen LogP contribution in [-0.4, -0.2) is 17.6 Å². The third-order valence-corrected chi connectivity index (χ3v) is 3.85. The van der Waals surface area contributed by atoms with Crippen molar-refractivity contribution in [1.29, 1.82) is 0 Å². The smallest absolute Gasteiger partial charge is 0.226 e. The number of rotatable bonds is 7. The van der Waals surface area contributed by atoms with Crippen molar-refractivity contribution >= 4 is 5.91 Å². The largest absolute Gasteiger partial charge is 0.361 e. The Kier molecular flexibility index (Phi) is 5.43. The van der Waals surface area contributed by atoms with E-state index in [0.29, 0.717) is 12.1 Å². The van der Waals surface area contributed by atoms with Crippen LogP contribution in [0.1, 0.15) is 56.4 Å². The van der Waals surface area contributed by atoms with Gasteiger partial charge in [0.1, 0.15) is 5.76 Å². The number of nitrogens with one attached hydrogen (secondary N) is 1. The average molecular weight is 264 g/mol. The second kappa shape index (κ2) is 7.31. The van der Waals surface area contributed by atoms with E-state index in [9.17, 15) is 4.79 Å². The number of amides is 1. The summed E-state index contributed by atoms with van der Waals surface area (Å²) in [6.07, 6.45) is 9.62. The first-order valence-electron chi connectivity index (χ1n) is 7.43. The summed E-state index contributed by atoms with van der Waals surface area (Å²) in [6, 6.07) is 1.81. The molecule has 1 aromatic heterocycles. The van der Waals surface area contributed by atoms with Gasteiger partial charge in [-0.2, -0.15) is 0 Å². The first-order valence-corrected chi connectivity index (χ1v) is 7.43. The highest BCUT2D eigenvalue weighted by molar-refractivity contribution is 5.77. The molecule has 4 heteroatoms. The van der Waals surface area contributed by atoms with Crippen molar-refractivity contribution in [1.82, 2.24) is 10.5 Å². The molecule has 1 saturated carbocycles. The predicted molar refractivity (Wildman–Crippen MR) is 73.8 cm³/mol. The first-order chi connectivity index (χ1) is 9.24. The van der Waals surface area contributed by atoms with Crippen LogP contribution in [0.15, 0.2) is 10.6 Å². The van der Waals surface area contributed by atoms with Crippen LogP contribution in [0, 0.1) is 12.8 Å². The minimum absolute atomic E-state index is 0.0363. The van der Waals surface area contributed by atoms with Gasteiger partial charge in [-0.3, -0.25) is 4.79 Å². The zero-order valence-electron chi connectivity index (χ0n) is 11.8. The molecular formula is C15H24N2O2. The molecule has 19 heavy (non-hydrogen) atoms. The highest BCUT2D eigenvalue weighted by atomic mass is 16.5. The summed E-state index contributed by atoms with van der Waals surface area (Å²) in [5.74, 6) is 1.74. The summed E-state index contributed by atoms with van der Waals surface area (Å²) in [7, 11) is 0. The summed E-state index contributed by atoms with van der Waals surface area (Å²) >= 11 is 0. The third kappa shape index (κ3) is 5.05. The van der Waals surface area contributed by atoms with Crippen molar-refractivity contribution < 1.29 is 9.32 Å². The van der Waals surface area contributed by atoms with Gasteiger partial charge in [-0.05, 0) is 19.3 Å². The lowest BCUT2D eigenvalue weighted by molar-refractivity contribution is -0.120. The van der Waals surface area contributed by atoms with Crippen molar-refractivity contribution in [3.05, 3.63) is 17.5 Å². The van der Waals surface area contributed by atoms with E-state index < -0.39 is 0 Å². The molecule has 4 nitrogen and oxygen atoms in total. The number of nitrogens with zero attached hydrogens (tertiary/aromatic N) is 1. The SMILES string of the molecule is Cc1cc(CC(=O)NCCCCC2CCCC2)no1. The molecule has 0 saturated heterocycles. The maximum Gasteiger partial charge on any atom is 0.226 e. The molecular weight excluding hydrogens is 240 g/mol. The number of carbonyl (C=O) groups is 1. The Bertz CT molecular complexity index is 395. The molecule has 1 N–H and O–H groups in total. The number of hydrogen-bond donors (Lipinski definition) is 1. The Hall–Kier alpha value is -1.32. The van der Waals surface area contributed by atoms with Gasteiger partial charge in [-0.15, -0.1) is 0 Å². The third-order valence-electron chi connectivity index (χ3n) is 3.85. The molecule has 106 valence electrons. The van der Waals surface area contributed by atoms with Gasteiger partial charge in [0.05, 0.1) is 12.1 Å². The van der Waals surface area contributed by atoms with E-state index in [4.69, 9.17) is 4.52 Å². The lowest BCUT2D eigenvalue weighted by Crippen LogP contribution is -2.26. The molecule has 0 unspecified atom stereocenters. The molecule has 1 aliphatic carbocycles. The van der Waals surface area contributed by atoms with E-state index in [-0.39, 0.29) is 5.91 Å². The molecule has 1 amide bonds. The van der Waals surface area contributed by atoms with Gasteiger partial charge in [-0.25, -0.2) is 0 Å². The first kappa shape index (κ1) is 14.1. The lowest BCUT2D eigenvalue weighted by atomic mass is 10.0. The monoisotopic (exact) mass is 264 g/mol. The zero-order valence-corrected chi connectivity index (χ0v) is 11.8. The molecule has 0 bridgehead atoms. The molecule has 2 rings (SSSR count). The number of unbranched alkanes of at least 4 members (excludes halogenated alkanes) is 1. The fraction of sp³-hybridized carbons (Fsp3) is 0.733. The second-order valence-electron chi connectivity index (χ2n) is 5.60. The summed E-state index contributed by atoms with van der Waals surface area (Å²) in [5, 5.41) is 6.76. The quantitative estimate of drug-likeness (QED) is 0.770.